The first-order chi connectivity index (χ1) is 9.76. The molecule has 4 nitrogen and oxygen atoms in total. The number of aromatic nitrogens is 1. The van der Waals surface area contributed by atoms with E-state index < -0.39 is 0 Å². The summed E-state index contributed by atoms with van der Waals surface area (Å²) < 4.78 is 1.21. The van der Waals surface area contributed by atoms with Gasteiger partial charge in [-0.15, -0.1) is 11.3 Å². The lowest BCUT2D eigenvalue weighted by molar-refractivity contribution is 0.102. The molecule has 0 radical (unpaired) electrons. The Bertz CT molecular complexity index is 766. The molecule has 20 heavy (non-hydrogen) atoms. The van der Waals surface area contributed by atoms with Gasteiger partial charge in [0.05, 0.1) is 0 Å². The first kappa shape index (κ1) is 12.6. The average molecular weight is 283 g/mol. The molecule has 0 unspecified atom stereocenters. The number of nitrogens with zero attached hydrogens (tertiary/aromatic N) is 1. The largest absolute Gasteiger partial charge is 0.373 e. The molecule has 1 amide bonds. The minimum Gasteiger partial charge on any atom is -0.373 e. The van der Waals surface area contributed by atoms with E-state index in [9.17, 15) is 4.79 Å². The summed E-state index contributed by atoms with van der Waals surface area (Å²) >= 11 is 1.69. The Kier molecular flexibility index (Phi) is 3.35. The van der Waals surface area contributed by atoms with Crippen molar-refractivity contribution < 1.29 is 4.79 Å². The predicted octanol–water partition coefficient (Wildman–Crippen LogP) is 3.59. The second-order valence-corrected chi connectivity index (χ2v) is 5.25. The Morgan fingerprint density at radius 1 is 1.20 bits per heavy atom. The number of thiophene rings is 1. The Morgan fingerprint density at radius 2 is 2.10 bits per heavy atom. The fourth-order valence-corrected chi connectivity index (χ4v) is 2.73. The van der Waals surface area contributed by atoms with Crippen LogP contribution in [0.3, 0.4) is 0 Å². The van der Waals surface area contributed by atoms with Gasteiger partial charge in [-0.25, -0.2) is 4.98 Å². The fraction of sp³-hybridized carbons (Fsp3) is 0.0667. The van der Waals surface area contributed by atoms with Gasteiger partial charge in [0.2, 0.25) is 0 Å². The van der Waals surface area contributed by atoms with Crippen LogP contribution in [0.5, 0.6) is 0 Å². The summed E-state index contributed by atoms with van der Waals surface area (Å²) in [5.74, 6) is 0.532. The molecule has 0 saturated heterocycles. The van der Waals surface area contributed by atoms with Crippen molar-refractivity contribution in [1.82, 2.24) is 4.98 Å². The van der Waals surface area contributed by atoms with Gasteiger partial charge in [-0.3, -0.25) is 4.79 Å². The second-order valence-electron chi connectivity index (χ2n) is 4.31. The highest BCUT2D eigenvalue weighted by molar-refractivity contribution is 7.17. The molecule has 0 aliphatic carbocycles. The van der Waals surface area contributed by atoms with E-state index in [4.69, 9.17) is 0 Å². The van der Waals surface area contributed by atoms with Crippen molar-refractivity contribution in [1.29, 1.82) is 0 Å². The molecule has 2 heterocycles. The fourth-order valence-electron chi connectivity index (χ4n) is 1.96. The number of fused-ring (bicyclic) bond motifs is 1. The number of benzene rings is 1. The number of hydrogen-bond donors (Lipinski definition) is 2. The molecular weight excluding hydrogens is 270 g/mol. The van der Waals surface area contributed by atoms with Gasteiger partial charge in [-0.2, -0.15) is 0 Å². The van der Waals surface area contributed by atoms with Crippen LogP contribution in [0.1, 0.15) is 10.4 Å². The summed E-state index contributed by atoms with van der Waals surface area (Å²) in [5, 5.41) is 9.00. The maximum absolute atomic E-state index is 12.2. The van der Waals surface area contributed by atoms with Crippen LogP contribution < -0.4 is 10.6 Å². The third-order valence-electron chi connectivity index (χ3n) is 2.99. The van der Waals surface area contributed by atoms with E-state index in [2.05, 4.69) is 15.6 Å². The maximum atomic E-state index is 12.2. The minimum atomic E-state index is -0.140. The summed E-state index contributed by atoms with van der Waals surface area (Å²) in [6.07, 6.45) is 1.61. The molecule has 0 saturated carbocycles. The smallest absolute Gasteiger partial charge is 0.255 e. The van der Waals surface area contributed by atoms with E-state index in [0.29, 0.717) is 11.4 Å². The van der Waals surface area contributed by atoms with Crippen LogP contribution in [0.4, 0.5) is 11.5 Å². The Balaban J connectivity index is 1.83. The van der Waals surface area contributed by atoms with Gasteiger partial charge in [0.1, 0.15) is 5.82 Å². The van der Waals surface area contributed by atoms with Crippen molar-refractivity contribution in [2.45, 2.75) is 0 Å². The quantitative estimate of drug-likeness (QED) is 0.772. The first-order valence-corrected chi connectivity index (χ1v) is 7.06. The number of carbonyl (C=O) groups excluding carboxylic acids is 1. The lowest BCUT2D eigenvalue weighted by atomic mass is 10.2. The molecule has 0 fully saturated rings. The molecule has 5 heteroatoms. The number of amides is 1. The molecule has 0 spiro atoms. The zero-order valence-corrected chi connectivity index (χ0v) is 11.7. The Labute approximate surface area is 120 Å². The summed E-state index contributed by atoms with van der Waals surface area (Å²) in [4.78, 5) is 16.3. The molecule has 0 atom stereocenters. The molecule has 0 aliphatic heterocycles. The summed E-state index contributed by atoms with van der Waals surface area (Å²) in [5.41, 5.74) is 1.37. The van der Waals surface area contributed by atoms with E-state index in [1.165, 1.54) is 4.70 Å². The summed E-state index contributed by atoms with van der Waals surface area (Å²) in [6, 6.07) is 11.4. The third kappa shape index (κ3) is 2.48. The van der Waals surface area contributed by atoms with Crippen LogP contribution in [0.25, 0.3) is 10.1 Å². The summed E-state index contributed by atoms with van der Waals surface area (Å²) in [6.45, 7) is 0. The van der Waals surface area contributed by atoms with Gasteiger partial charge in [0, 0.05) is 29.2 Å². The highest BCUT2D eigenvalue weighted by atomic mass is 32.1. The highest BCUT2D eigenvalue weighted by Gasteiger charge is 2.07. The van der Waals surface area contributed by atoms with Crippen LogP contribution in [0, 0.1) is 0 Å². The van der Waals surface area contributed by atoms with E-state index in [-0.39, 0.29) is 5.91 Å². The van der Waals surface area contributed by atoms with Crippen LogP contribution >= 0.6 is 11.3 Å². The Hall–Kier alpha value is -2.40. The van der Waals surface area contributed by atoms with E-state index in [0.717, 1.165) is 11.1 Å². The molecular formula is C15H13N3OS. The molecule has 0 bridgehead atoms. The number of rotatable bonds is 3. The lowest BCUT2D eigenvalue weighted by Crippen LogP contribution is -2.12. The normalized spacial score (nSPS) is 10.4. The molecule has 2 N–H and O–H groups in total. The van der Waals surface area contributed by atoms with Gasteiger partial charge < -0.3 is 10.6 Å². The van der Waals surface area contributed by atoms with E-state index in [1.54, 1.807) is 36.7 Å². The van der Waals surface area contributed by atoms with Crippen molar-refractivity contribution in [2.75, 3.05) is 17.7 Å². The van der Waals surface area contributed by atoms with Crippen LogP contribution in [-0.2, 0) is 0 Å². The Morgan fingerprint density at radius 3 is 2.95 bits per heavy atom. The van der Waals surface area contributed by atoms with Gasteiger partial charge in [-0.05, 0) is 47.2 Å². The number of anilines is 2. The van der Waals surface area contributed by atoms with Gasteiger partial charge >= 0.3 is 0 Å². The SMILES string of the molecule is CNc1cc(C(=O)Nc2ccc3sccc3c2)ccn1. The molecule has 1 aromatic carbocycles. The zero-order valence-electron chi connectivity index (χ0n) is 10.9. The van der Waals surface area contributed by atoms with Gasteiger partial charge in [0.15, 0.2) is 0 Å². The minimum absolute atomic E-state index is 0.140. The van der Waals surface area contributed by atoms with Gasteiger partial charge in [-0.1, -0.05) is 0 Å². The molecule has 2 aromatic heterocycles. The standard InChI is InChI=1S/C15H13N3OS/c1-16-14-9-11(4-6-17-14)15(19)18-12-2-3-13-10(8-12)5-7-20-13/h2-9H,1H3,(H,16,17)(H,18,19). The maximum Gasteiger partial charge on any atom is 0.255 e. The van der Waals surface area contributed by atoms with Crippen LogP contribution in [0.15, 0.2) is 48.0 Å². The molecule has 100 valence electrons. The monoisotopic (exact) mass is 283 g/mol. The number of nitrogens with one attached hydrogen (secondary N) is 2. The molecule has 0 aliphatic rings. The predicted molar refractivity (Wildman–Crippen MR) is 83.6 cm³/mol. The van der Waals surface area contributed by atoms with Crippen molar-refractivity contribution >= 4 is 38.8 Å². The van der Waals surface area contributed by atoms with E-state index >= 15 is 0 Å². The van der Waals surface area contributed by atoms with Crippen molar-refractivity contribution in [3.63, 3.8) is 0 Å². The topological polar surface area (TPSA) is 54.0 Å². The molecule has 3 rings (SSSR count). The van der Waals surface area contributed by atoms with Crippen LogP contribution in [0.2, 0.25) is 0 Å². The second kappa shape index (κ2) is 5.30. The summed E-state index contributed by atoms with van der Waals surface area (Å²) in [7, 11) is 1.77. The average Bonchev–Trinajstić information content (AvgIpc) is 2.95. The number of carbonyl (C=O) groups is 1. The number of pyridine rings is 1. The number of hydrogen-bond acceptors (Lipinski definition) is 4. The van der Waals surface area contributed by atoms with Crippen molar-refractivity contribution in [3.05, 3.63) is 53.5 Å². The van der Waals surface area contributed by atoms with Gasteiger partial charge in [0.25, 0.3) is 5.91 Å². The lowest BCUT2D eigenvalue weighted by Gasteiger charge is -2.06. The van der Waals surface area contributed by atoms with Crippen molar-refractivity contribution in [2.24, 2.45) is 0 Å². The first-order valence-electron chi connectivity index (χ1n) is 6.19. The highest BCUT2D eigenvalue weighted by Crippen LogP contribution is 2.24. The third-order valence-corrected chi connectivity index (χ3v) is 3.89. The van der Waals surface area contributed by atoms with E-state index in [1.807, 2.05) is 29.6 Å². The van der Waals surface area contributed by atoms with Crippen molar-refractivity contribution in [3.8, 4) is 0 Å². The molecule has 3 aromatic rings. The van der Waals surface area contributed by atoms with Crippen LogP contribution in [-0.4, -0.2) is 17.9 Å². The zero-order chi connectivity index (χ0) is 13.9.